The summed E-state index contributed by atoms with van der Waals surface area (Å²) in [7, 11) is 0. The van der Waals surface area contributed by atoms with Crippen LogP contribution in [0.3, 0.4) is 0 Å². The first-order valence-electron chi connectivity index (χ1n) is 6.21. The Kier molecular flexibility index (Phi) is 7.34. The van der Waals surface area contributed by atoms with Gasteiger partial charge in [0.05, 0.1) is 0 Å². The molecule has 17 heavy (non-hydrogen) atoms. The molecule has 0 aliphatic carbocycles. The largest absolute Gasteiger partial charge is 0.480 e. The van der Waals surface area contributed by atoms with Gasteiger partial charge < -0.3 is 15.3 Å². The van der Waals surface area contributed by atoms with E-state index in [2.05, 4.69) is 5.32 Å². The summed E-state index contributed by atoms with van der Waals surface area (Å²) in [4.78, 5) is 24.0. The molecule has 0 saturated carbocycles. The number of amides is 2. The van der Waals surface area contributed by atoms with Crippen molar-refractivity contribution in [2.75, 3.05) is 6.54 Å². The molecule has 0 aromatic carbocycles. The molecule has 0 bridgehead atoms. The number of carbonyl (C=O) groups excluding carboxylic acids is 1. The van der Waals surface area contributed by atoms with Crippen molar-refractivity contribution in [3.05, 3.63) is 0 Å². The Morgan fingerprint density at radius 3 is 2.29 bits per heavy atom. The number of rotatable bonds is 7. The molecule has 0 spiro atoms. The van der Waals surface area contributed by atoms with E-state index in [1.165, 1.54) is 4.90 Å². The molecule has 0 fully saturated rings. The minimum absolute atomic E-state index is 0.0695. The van der Waals surface area contributed by atoms with Gasteiger partial charge in [0.25, 0.3) is 0 Å². The molecule has 0 aliphatic heterocycles. The quantitative estimate of drug-likeness (QED) is 0.720. The Labute approximate surface area is 103 Å². The first kappa shape index (κ1) is 15.7. The zero-order chi connectivity index (χ0) is 13.4. The highest BCUT2D eigenvalue weighted by molar-refractivity contribution is 5.80. The number of carboxylic acids is 1. The molecule has 0 saturated heterocycles. The predicted octanol–water partition coefficient (Wildman–Crippen LogP) is 2.07. The molecule has 0 rings (SSSR count). The maximum atomic E-state index is 11.9. The van der Waals surface area contributed by atoms with Crippen molar-refractivity contribution in [1.29, 1.82) is 0 Å². The summed E-state index contributed by atoms with van der Waals surface area (Å²) in [5.41, 5.74) is 0. The minimum Gasteiger partial charge on any atom is -0.480 e. The predicted molar refractivity (Wildman–Crippen MR) is 67.0 cm³/mol. The fourth-order valence-electron chi connectivity index (χ4n) is 1.59. The maximum Gasteiger partial charge on any atom is 0.323 e. The topological polar surface area (TPSA) is 69.6 Å². The monoisotopic (exact) mass is 244 g/mol. The smallest absolute Gasteiger partial charge is 0.323 e. The van der Waals surface area contributed by atoms with Crippen LogP contribution in [-0.4, -0.2) is 40.6 Å². The lowest BCUT2D eigenvalue weighted by molar-refractivity contribution is -0.138. The Balaban J connectivity index is 4.46. The number of aliphatic carboxylic acids is 1. The van der Waals surface area contributed by atoms with E-state index in [0.29, 0.717) is 0 Å². The zero-order valence-electron chi connectivity index (χ0n) is 11.2. The van der Waals surface area contributed by atoms with Crippen molar-refractivity contribution in [2.45, 2.75) is 59.0 Å². The molecule has 0 aliphatic rings. The number of hydrogen-bond donors (Lipinski definition) is 2. The van der Waals surface area contributed by atoms with E-state index in [-0.39, 0.29) is 24.7 Å². The number of carbonyl (C=O) groups is 2. The molecular weight excluding hydrogens is 220 g/mol. The Bertz CT molecular complexity index is 256. The maximum absolute atomic E-state index is 11.9. The molecule has 0 heterocycles. The molecule has 2 amide bonds. The van der Waals surface area contributed by atoms with Gasteiger partial charge in [-0.1, -0.05) is 20.3 Å². The van der Waals surface area contributed by atoms with Gasteiger partial charge in [0.2, 0.25) is 0 Å². The van der Waals surface area contributed by atoms with Crippen molar-refractivity contribution in [3.8, 4) is 0 Å². The fourth-order valence-corrected chi connectivity index (χ4v) is 1.59. The molecule has 0 aromatic heterocycles. The van der Waals surface area contributed by atoms with Gasteiger partial charge in [-0.3, -0.25) is 4.79 Å². The number of nitrogens with zero attached hydrogens (tertiary/aromatic N) is 1. The first-order valence-corrected chi connectivity index (χ1v) is 6.21. The molecule has 0 radical (unpaired) electrons. The fraction of sp³-hybridized carbons (Fsp3) is 0.833. The summed E-state index contributed by atoms with van der Waals surface area (Å²) < 4.78 is 0. The number of hydrogen-bond acceptors (Lipinski definition) is 2. The van der Waals surface area contributed by atoms with Gasteiger partial charge >= 0.3 is 12.0 Å². The highest BCUT2D eigenvalue weighted by Crippen LogP contribution is 2.05. The van der Waals surface area contributed by atoms with Crippen LogP contribution in [0.15, 0.2) is 0 Å². The van der Waals surface area contributed by atoms with Gasteiger partial charge in [0, 0.05) is 12.1 Å². The van der Waals surface area contributed by atoms with Crippen LogP contribution in [0.1, 0.15) is 47.0 Å². The molecule has 0 aromatic rings. The normalized spacial score (nSPS) is 13.9. The lowest BCUT2D eigenvalue weighted by atomic mass is 10.2. The average molecular weight is 244 g/mol. The second-order valence-corrected chi connectivity index (χ2v) is 4.42. The van der Waals surface area contributed by atoms with Crippen LogP contribution < -0.4 is 5.32 Å². The van der Waals surface area contributed by atoms with Crippen molar-refractivity contribution in [3.63, 3.8) is 0 Å². The van der Waals surface area contributed by atoms with Gasteiger partial charge in [-0.25, -0.2) is 4.79 Å². The van der Waals surface area contributed by atoms with Crippen LogP contribution in [0, 0.1) is 0 Å². The van der Waals surface area contributed by atoms with E-state index in [1.54, 1.807) is 0 Å². The highest BCUT2D eigenvalue weighted by Gasteiger charge is 2.22. The second-order valence-electron chi connectivity index (χ2n) is 4.42. The second kappa shape index (κ2) is 7.92. The van der Waals surface area contributed by atoms with Crippen molar-refractivity contribution < 1.29 is 14.7 Å². The third-order valence-corrected chi connectivity index (χ3v) is 2.78. The van der Waals surface area contributed by atoms with Crippen LogP contribution >= 0.6 is 0 Å². The number of urea groups is 1. The summed E-state index contributed by atoms with van der Waals surface area (Å²) in [6.45, 7) is 7.51. The number of carboxylic acid groups (broad SMARTS) is 1. The molecule has 2 unspecified atom stereocenters. The summed E-state index contributed by atoms with van der Waals surface area (Å²) in [5, 5.41) is 11.6. The van der Waals surface area contributed by atoms with Crippen LogP contribution in [0.5, 0.6) is 0 Å². The lowest BCUT2D eigenvalue weighted by Crippen LogP contribution is -2.49. The highest BCUT2D eigenvalue weighted by atomic mass is 16.4. The molecular formula is C12H24N2O3. The van der Waals surface area contributed by atoms with Gasteiger partial charge in [-0.2, -0.15) is 0 Å². The van der Waals surface area contributed by atoms with Gasteiger partial charge in [0.15, 0.2) is 0 Å². The van der Waals surface area contributed by atoms with Crippen LogP contribution in [0.2, 0.25) is 0 Å². The Hall–Kier alpha value is -1.26. The minimum atomic E-state index is -0.983. The van der Waals surface area contributed by atoms with E-state index in [9.17, 15) is 9.59 Å². The standard InChI is InChI=1S/C12H24N2O3/c1-5-7-9(3)13-12(17)14(8-11(15)16)10(4)6-2/h9-10H,5-8H2,1-4H3,(H,13,17)(H,15,16). The first-order chi connectivity index (χ1) is 7.92. The molecule has 5 nitrogen and oxygen atoms in total. The third-order valence-electron chi connectivity index (χ3n) is 2.78. The van der Waals surface area contributed by atoms with Crippen LogP contribution in [0.4, 0.5) is 4.79 Å². The van der Waals surface area contributed by atoms with E-state index in [4.69, 9.17) is 5.11 Å². The third kappa shape index (κ3) is 6.14. The lowest BCUT2D eigenvalue weighted by Gasteiger charge is -2.28. The number of nitrogens with one attached hydrogen (secondary N) is 1. The van der Waals surface area contributed by atoms with E-state index < -0.39 is 5.97 Å². The SMILES string of the molecule is CCCC(C)NC(=O)N(CC(=O)O)C(C)CC. The van der Waals surface area contributed by atoms with Crippen molar-refractivity contribution in [1.82, 2.24) is 10.2 Å². The van der Waals surface area contributed by atoms with Gasteiger partial charge in [0.1, 0.15) is 6.54 Å². The summed E-state index contributed by atoms with van der Waals surface area (Å²) >= 11 is 0. The van der Waals surface area contributed by atoms with Gasteiger partial charge in [-0.15, -0.1) is 0 Å². The molecule has 2 N–H and O–H groups in total. The van der Waals surface area contributed by atoms with Gasteiger partial charge in [-0.05, 0) is 26.7 Å². The van der Waals surface area contributed by atoms with Crippen LogP contribution in [0.25, 0.3) is 0 Å². The summed E-state index contributed by atoms with van der Waals surface area (Å²) in [6, 6.07) is -0.282. The molecule has 100 valence electrons. The Morgan fingerprint density at radius 1 is 1.29 bits per heavy atom. The summed E-state index contributed by atoms with van der Waals surface area (Å²) in [5.74, 6) is -0.983. The zero-order valence-corrected chi connectivity index (χ0v) is 11.2. The molecule has 2 atom stereocenters. The van der Waals surface area contributed by atoms with Crippen LogP contribution in [-0.2, 0) is 4.79 Å². The Morgan fingerprint density at radius 2 is 1.88 bits per heavy atom. The van der Waals surface area contributed by atoms with E-state index in [0.717, 1.165) is 19.3 Å². The van der Waals surface area contributed by atoms with E-state index in [1.807, 2.05) is 27.7 Å². The van der Waals surface area contributed by atoms with E-state index >= 15 is 0 Å². The van der Waals surface area contributed by atoms with Crippen molar-refractivity contribution in [2.24, 2.45) is 0 Å². The average Bonchev–Trinajstić information content (AvgIpc) is 2.24. The van der Waals surface area contributed by atoms with Crippen molar-refractivity contribution >= 4 is 12.0 Å². The molecule has 5 heteroatoms. The summed E-state index contributed by atoms with van der Waals surface area (Å²) in [6.07, 6.45) is 2.62.